The van der Waals surface area contributed by atoms with E-state index >= 15 is 0 Å². The molecule has 1 amide bonds. The van der Waals surface area contributed by atoms with Crippen LogP contribution in [0.25, 0.3) is 5.69 Å². The zero-order valence-electron chi connectivity index (χ0n) is 12.9. The Morgan fingerprint density at radius 3 is 2.88 bits per heavy atom. The van der Waals surface area contributed by atoms with Crippen LogP contribution in [-0.4, -0.2) is 22.4 Å². The van der Waals surface area contributed by atoms with E-state index in [1.807, 2.05) is 6.07 Å². The molecule has 0 unspecified atom stereocenters. The van der Waals surface area contributed by atoms with Gasteiger partial charge >= 0.3 is 0 Å². The van der Waals surface area contributed by atoms with E-state index in [-0.39, 0.29) is 30.0 Å². The largest absolute Gasteiger partial charge is 0.309 e. The van der Waals surface area contributed by atoms with Crippen LogP contribution >= 0.6 is 0 Å². The van der Waals surface area contributed by atoms with Gasteiger partial charge in [0.25, 0.3) is 0 Å². The van der Waals surface area contributed by atoms with Crippen LogP contribution in [0.3, 0.4) is 0 Å². The fourth-order valence-corrected chi connectivity index (χ4v) is 2.94. The summed E-state index contributed by atoms with van der Waals surface area (Å²) < 4.78 is 27.0. The van der Waals surface area contributed by atoms with Gasteiger partial charge < -0.3 is 5.32 Å². The Kier molecular flexibility index (Phi) is 4.56. The molecule has 0 spiro atoms. The maximum atomic E-state index is 13.2. The highest BCUT2D eigenvalue weighted by atomic mass is 19.1. The lowest BCUT2D eigenvalue weighted by molar-refractivity contribution is -0.118. The van der Waals surface area contributed by atoms with Crippen LogP contribution < -0.4 is 5.32 Å². The van der Waals surface area contributed by atoms with Crippen LogP contribution in [0.1, 0.15) is 24.8 Å². The van der Waals surface area contributed by atoms with Crippen LogP contribution in [-0.2, 0) is 4.79 Å². The van der Waals surface area contributed by atoms with Gasteiger partial charge in [0.05, 0.1) is 17.9 Å². The van der Waals surface area contributed by atoms with E-state index in [0.29, 0.717) is 17.9 Å². The molecule has 1 fully saturated rings. The van der Waals surface area contributed by atoms with Crippen LogP contribution in [0.2, 0.25) is 0 Å². The lowest BCUT2D eigenvalue weighted by atomic mass is 9.74. The summed E-state index contributed by atoms with van der Waals surface area (Å²) in [6, 6.07) is 7.35. The molecule has 0 saturated heterocycles. The SMILES string of the molecule is N#Cc1cc(F)ccc1-n1ccc(NC(=O)CC2CC(CF)C2)n1. The Hall–Kier alpha value is -2.75. The topological polar surface area (TPSA) is 70.7 Å². The Balaban J connectivity index is 1.64. The Morgan fingerprint density at radius 1 is 1.38 bits per heavy atom. The highest BCUT2D eigenvalue weighted by molar-refractivity contribution is 5.89. The van der Waals surface area contributed by atoms with Crippen molar-refractivity contribution in [1.29, 1.82) is 5.26 Å². The number of nitrogens with one attached hydrogen (secondary N) is 1. The molecule has 1 N–H and O–H groups in total. The summed E-state index contributed by atoms with van der Waals surface area (Å²) in [5, 5.41) is 16.0. The van der Waals surface area contributed by atoms with Gasteiger partial charge in [0.15, 0.2) is 5.82 Å². The number of rotatable bonds is 5. The van der Waals surface area contributed by atoms with Crippen LogP contribution in [0, 0.1) is 29.0 Å². The van der Waals surface area contributed by atoms with Gasteiger partial charge in [-0.2, -0.15) is 10.4 Å². The first-order chi connectivity index (χ1) is 11.6. The molecule has 0 atom stereocenters. The Labute approximate surface area is 137 Å². The molecule has 0 aliphatic heterocycles. The van der Waals surface area contributed by atoms with Crippen molar-refractivity contribution in [2.24, 2.45) is 11.8 Å². The molecule has 1 aromatic heterocycles. The number of hydrogen-bond donors (Lipinski definition) is 1. The van der Waals surface area contributed by atoms with Crippen molar-refractivity contribution in [3.8, 4) is 11.8 Å². The molecule has 1 saturated carbocycles. The van der Waals surface area contributed by atoms with Crippen molar-refractivity contribution >= 4 is 11.7 Å². The molecule has 3 rings (SSSR count). The van der Waals surface area contributed by atoms with Crippen molar-refractivity contribution in [3.63, 3.8) is 0 Å². The minimum absolute atomic E-state index is 0.102. The van der Waals surface area contributed by atoms with Crippen molar-refractivity contribution in [2.75, 3.05) is 12.0 Å². The summed E-state index contributed by atoms with van der Waals surface area (Å²) in [4.78, 5) is 12.0. The number of carbonyl (C=O) groups is 1. The molecule has 7 heteroatoms. The van der Waals surface area contributed by atoms with E-state index in [4.69, 9.17) is 5.26 Å². The lowest BCUT2D eigenvalue weighted by Gasteiger charge is -2.32. The predicted molar refractivity (Wildman–Crippen MR) is 83.7 cm³/mol. The van der Waals surface area contributed by atoms with E-state index in [1.54, 1.807) is 12.3 Å². The zero-order valence-corrected chi connectivity index (χ0v) is 12.9. The highest BCUT2D eigenvalue weighted by Crippen LogP contribution is 2.36. The van der Waals surface area contributed by atoms with Gasteiger partial charge in [-0.05, 0) is 42.9 Å². The Bertz CT molecular complexity index is 790. The summed E-state index contributed by atoms with van der Waals surface area (Å²) in [6.07, 6.45) is 3.44. The average Bonchev–Trinajstić information content (AvgIpc) is 2.98. The number of aromatic nitrogens is 2. The molecular weight excluding hydrogens is 314 g/mol. The van der Waals surface area contributed by atoms with Crippen molar-refractivity contribution < 1.29 is 13.6 Å². The van der Waals surface area contributed by atoms with Gasteiger partial charge in [-0.15, -0.1) is 0 Å². The number of benzene rings is 1. The molecule has 0 radical (unpaired) electrons. The van der Waals surface area contributed by atoms with Crippen molar-refractivity contribution in [2.45, 2.75) is 19.3 Å². The molecule has 5 nitrogen and oxygen atoms in total. The molecule has 2 aromatic rings. The first kappa shape index (κ1) is 16.1. The zero-order chi connectivity index (χ0) is 17.1. The summed E-state index contributed by atoms with van der Waals surface area (Å²) in [5.74, 6) is 0.0276. The van der Waals surface area contributed by atoms with E-state index in [0.717, 1.165) is 18.9 Å². The first-order valence-corrected chi connectivity index (χ1v) is 7.70. The average molecular weight is 330 g/mol. The van der Waals surface area contributed by atoms with Crippen molar-refractivity contribution in [1.82, 2.24) is 9.78 Å². The minimum atomic E-state index is -0.497. The number of alkyl halides is 1. The Morgan fingerprint density at radius 2 is 2.17 bits per heavy atom. The molecule has 1 aliphatic rings. The number of anilines is 1. The number of carbonyl (C=O) groups excluding carboxylic acids is 1. The smallest absolute Gasteiger partial charge is 0.225 e. The quantitative estimate of drug-likeness (QED) is 0.915. The molecule has 1 heterocycles. The second-order valence-electron chi connectivity index (χ2n) is 6.03. The van der Waals surface area contributed by atoms with Crippen LogP contribution in [0.5, 0.6) is 0 Å². The second kappa shape index (κ2) is 6.79. The maximum absolute atomic E-state index is 13.2. The summed E-state index contributed by atoms with van der Waals surface area (Å²) in [6.45, 7) is -0.318. The predicted octanol–water partition coefficient (Wildman–Crippen LogP) is 3.21. The van der Waals surface area contributed by atoms with Gasteiger partial charge in [0.2, 0.25) is 5.91 Å². The van der Waals surface area contributed by atoms with Crippen LogP contribution in [0.4, 0.5) is 14.6 Å². The van der Waals surface area contributed by atoms with Crippen LogP contribution in [0.15, 0.2) is 30.5 Å². The first-order valence-electron chi connectivity index (χ1n) is 7.70. The van der Waals surface area contributed by atoms with Crippen molar-refractivity contribution in [3.05, 3.63) is 41.8 Å². The number of hydrogen-bond acceptors (Lipinski definition) is 3. The number of halogens is 2. The molecule has 1 aliphatic carbocycles. The maximum Gasteiger partial charge on any atom is 0.225 e. The van der Waals surface area contributed by atoms with Gasteiger partial charge in [0, 0.05) is 18.7 Å². The normalized spacial score (nSPS) is 19.4. The van der Waals surface area contributed by atoms with Gasteiger partial charge in [-0.25, -0.2) is 9.07 Å². The lowest BCUT2D eigenvalue weighted by Crippen LogP contribution is -2.29. The van der Waals surface area contributed by atoms with E-state index in [1.165, 1.54) is 16.8 Å². The third-order valence-corrected chi connectivity index (χ3v) is 4.21. The van der Waals surface area contributed by atoms with Gasteiger partial charge in [0.1, 0.15) is 11.9 Å². The fourth-order valence-electron chi connectivity index (χ4n) is 2.94. The second-order valence-corrected chi connectivity index (χ2v) is 6.03. The van der Waals surface area contributed by atoms with Gasteiger partial charge in [-0.1, -0.05) is 0 Å². The summed E-state index contributed by atoms with van der Waals surface area (Å²) >= 11 is 0. The molecule has 1 aromatic carbocycles. The highest BCUT2D eigenvalue weighted by Gasteiger charge is 2.30. The third-order valence-electron chi connectivity index (χ3n) is 4.21. The number of amides is 1. The standard InChI is InChI=1S/C17H16F2N4O/c18-9-12-5-11(6-12)7-17(24)21-16-3-4-23(22-16)15-2-1-14(19)8-13(15)10-20/h1-4,8,11-12H,5-7,9H2,(H,21,22,24). The number of nitriles is 1. The number of nitrogens with zero attached hydrogens (tertiary/aromatic N) is 3. The molecule has 124 valence electrons. The van der Waals surface area contributed by atoms with Gasteiger partial charge in [-0.3, -0.25) is 9.18 Å². The van der Waals surface area contributed by atoms with E-state index in [2.05, 4.69) is 10.4 Å². The van der Waals surface area contributed by atoms with E-state index < -0.39 is 5.82 Å². The molecule has 0 bridgehead atoms. The minimum Gasteiger partial charge on any atom is -0.309 e. The molecular formula is C17H16F2N4O. The third kappa shape index (κ3) is 3.43. The molecule has 24 heavy (non-hydrogen) atoms. The summed E-state index contributed by atoms with van der Waals surface area (Å²) in [5.41, 5.74) is 0.590. The van der Waals surface area contributed by atoms with E-state index in [9.17, 15) is 13.6 Å². The summed E-state index contributed by atoms with van der Waals surface area (Å²) in [7, 11) is 0. The fraction of sp³-hybridized carbons (Fsp3) is 0.353. The monoisotopic (exact) mass is 330 g/mol.